The van der Waals surface area contributed by atoms with E-state index in [2.05, 4.69) is 31.0 Å². The van der Waals surface area contributed by atoms with Crippen molar-refractivity contribution in [2.45, 2.75) is 44.4 Å². The molecule has 0 radical (unpaired) electrons. The summed E-state index contributed by atoms with van der Waals surface area (Å²) in [4.78, 5) is 19.1. The highest BCUT2D eigenvalue weighted by atomic mass is 32.2. The maximum Gasteiger partial charge on any atom is 0.252 e. The third-order valence-electron chi connectivity index (χ3n) is 5.56. The van der Waals surface area contributed by atoms with Crippen LogP contribution in [-0.2, 0) is 21.1 Å². The minimum atomic E-state index is -3.08. The number of sulfone groups is 1. The average Bonchev–Trinajstić information content (AvgIpc) is 3.12. The van der Waals surface area contributed by atoms with E-state index in [1.807, 2.05) is 48.2 Å². The molecule has 0 spiro atoms. The lowest BCUT2D eigenvalue weighted by molar-refractivity contribution is -0.117. The summed E-state index contributed by atoms with van der Waals surface area (Å²) < 4.78 is 24.4. The van der Waals surface area contributed by atoms with Crippen LogP contribution in [0, 0.1) is 6.92 Å². The highest BCUT2D eigenvalue weighted by Gasteiger charge is 2.49. The first-order chi connectivity index (χ1) is 14.2. The Morgan fingerprint density at radius 3 is 2.57 bits per heavy atom. The molecule has 2 atom stereocenters. The Hall–Kier alpha value is -2.12. The lowest BCUT2D eigenvalue weighted by Crippen LogP contribution is -2.37. The molecule has 158 valence electrons. The summed E-state index contributed by atoms with van der Waals surface area (Å²) in [5, 5.41) is 0.514. The molecule has 4 rings (SSSR count). The summed E-state index contributed by atoms with van der Waals surface area (Å²) in [5.74, 6) is 0.431. The molecule has 0 N–H and O–H groups in total. The van der Waals surface area contributed by atoms with E-state index in [1.54, 1.807) is 0 Å². The Labute approximate surface area is 182 Å². The number of hydrogen-bond acceptors (Lipinski definition) is 4. The predicted molar refractivity (Wildman–Crippen MR) is 124 cm³/mol. The molecule has 30 heavy (non-hydrogen) atoms. The fraction of sp³-hybridized carbons (Fsp3) is 0.391. The fourth-order valence-electron chi connectivity index (χ4n) is 4.03. The topological polar surface area (TPSA) is 66.8 Å². The third kappa shape index (κ3) is 4.47. The Kier molecular flexibility index (Phi) is 5.77. The van der Waals surface area contributed by atoms with Crippen molar-refractivity contribution >= 4 is 38.4 Å². The van der Waals surface area contributed by atoms with Crippen LogP contribution in [0.3, 0.4) is 0 Å². The van der Waals surface area contributed by atoms with Crippen molar-refractivity contribution in [2.75, 3.05) is 16.4 Å². The summed E-state index contributed by atoms with van der Waals surface area (Å²) in [7, 11) is -3.08. The van der Waals surface area contributed by atoms with Crippen LogP contribution in [0.4, 0.5) is 5.69 Å². The maximum absolute atomic E-state index is 12.7. The molecule has 0 bridgehead atoms. The second-order valence-electron chi connectivity index (χ2n) is 8.37. The molecular weight excluding hydrogens is 416 g/mol. The fourth-order valence-corrected chi connectivity index (χ4v) is 7.96. The number of aryl methyl sites for hydroxylation is 1. The van der Waals surface area contributed by atoms with Crippen LogP contribution in [-0.4, -0.2) is 42.3 Å². The number of amidine groups is 1. The zero-order chi connectivity index (χ0) is 21.5. The zero-order valence-corrected chi connectivity index (χ0v) is 19.0. The molecule has 2 aromatic rings. The van der Waals surface area contributed by atoms with Gasteiger partial charge in [-0.25, -0.2) is 8.42 Å². The van der Waals surface area contributed by atoms with Crippen molar-refractivity contribution < 1.29 is 13.2 Å². The van der Waals surface area contributed by atoms with E-state index in [4.69, 9.17) is 0 Å². The largest absolute Gasteiger partial charge is 0.316 e. The molecule has 2 aliphatic heterocycles. The number of thioether (sulfide) groups is 1. The number of carbonyl (C=O) groups is 1. The Balaban J connectivity index is 1.63. The van der Waals surface area contributed by atoms with Gasteiger partial charge in [0.05, 0.1) is 24.0 Å². The van der Waals surface area contributed by atoms with Crippen molar-refractivity contribution in [3.05, 3.63) is 65.2 Å². The van der Waals surface area contributed by atoms with Crippen molar-refractivity contribution in [1.82, 2.24) is 0 Å². The van der Waals surface area contributed by atoms with Crippen LogP contribution >= 0.6 is 11.8 Å². The van der Waals surface area contributed by atoms with Gasteiger partial charge in [-0.1, -0.05) is 67.6 Å². The normalized spacial score (nSPS) is 23.9. The second-order valence-corrected chi connectivity index (χ2v) is 11.7. The van der Waals surface area contributed by atoms with Gasteiger partial charge < -0.3 is 4.90 Å². The van der Waals surface area contributed by atoms with Gasteiger partial charge in [0, 0.05) is 10.9 Å². The monoisotopic (exact) mass is 442 g/mol. The number of carbonyl (C=O) groups excluding carboxylic acids is 1. The molecule has 5 nitrogen and oxygen atoms in total. The average molecular weight is 443 g/mol. The first-order valence-electron chi connectivity index (χ1n) is 10.2. The van der Waals surface area contributed by atoms with Crippen molar-refractivity contribution in [2.24, 2.45) is 4.99 Å². The smallest absolute Gasteiger partial charge is 0.252 e. The summed E-state index contributed by atoms with van der Waals surface area (Å²) in [6, 6.07) is 15.8. The Morgan fingerprint density at radius 2 is 1.90 bits per heavy atom. The number of rotatable bonds is 4. The lowest BCUT2D eigenvalue weighted by atomic mass is 10.0. The number of anilines is 1. The van der Waals surface area contributed by atoms with E-state index < -0.39 is 9.84 Å². The third-order valence-corrected chi connectivity index (χ3v) is 8.77. The van der Waals surface area contributed by atoms with Crippen LogP contribution in [0.25, 0.3) is 0 Å². The minimum absolute atomic E-state index is 0.0923. The summed E-state index contributed by atoms with van der Waals surface area (Å²) in [6.45, 7) is 6.27. The molecule has 7 heteroatoms. The Bertz CT molecular complexity index is 1090. The van der Waals surface area contributed by atoms with E-state index >= 15 is 0 Å². The van der Waals surface area contributed by atoms with Gasteiger partial charge in [0.15, 0.2) is 15.0 Å². The number of nitrogens with zero attached hydrogens (tertiary/aromatic N) is 2. The first kappa shape index (κ1) is 21.1. The number of hydrogen-bond donors (Lipinski definition) is 0. The predicted octanol–water partition coefficient (Wildman–Crippen LogP) is 3.96. The molecule has 0 saturated carbocycles. The molecule has 2 aliphatic rings. The van der Waals surface area contributed by atoms with Crippen LogP contribution < -0.4 is 4.90 Å². The summed E-state index contributed by atoms with van der Waals surface area (Å²) in [6.07, 6.45) is 0.236. The standard InChI is InChI=1S/C23H26N2O3S2/c1-15(2)18-7-9-19(10-8-18)25-20-13-30(27,28)14-21(20)29-23(25)24-22(26)12-17-6-4-5-16(3)11-17/h4-11,15,20-21H,12-14H2,1-3H3/t20-,21-/m1/s1. The molecule has 0 aromatic heterocycles. The van der Waals surface area contributed by atoms with Gasteiger partial charge in [0.25, 0.3) is 5.91 Å². The van der Waals surface area contributed by atoms with Crippen molar-refractivity contribution in [1.29, 1.82) is 0 Å². The van der Waals surface area contributed by atoms with E-state index in [1.165, 1.54) is 17.3 Å². The van der Waals surface area contributed by atoms with Gasteiger partial charge in [0.2, 0.25) is 0 Å². The second kappa shape index (κ2) is 8.19. The van der Waals surface area contributed by atoms with Crippen LogP contribution in [0.2, 0.25) is 0 Å². The van der Waals surface area contributed by atoms with Crippen molar-refractivity contribution in [3.63, 3.8) is 0 Å². The maximum atomic E-state index is 12.7. The molecule has 2 heterocycles. The molecular formula is C23H26N2O3S2. The zero-order valence-electron chi connectivity index (χ0n) is 17.4. The number of amides is 1. The van der Waals surface area contributed by atoms with Crippen LogP contribution in [0.1, 0.15) is 36.5 Å². The summed E-state index contributed by atoms with van der Waals surface area (Å²) in [5.41, 5.74) is 4.14. The van der Waals surface area contributed by atoms with Gasteiger partial charge in [-0.3, -0.25) is 4.79 Å². The van der Waals surface area contributed by atoms with E-state index in [0.717, 1.165) is 16.8 Å². The molecule has 2 aromatic carbocycles. The summed E-state index contributed by atoms with van der Waals surface area (Å²) >= 11 is 1.41. The SMILES string of the molecule is Cc1cccc(CC(=O)N=C2S[C@@H]3CS(=O)(=O)C[C@H]3N2c2ccc(C(C)C)cc2)c1. The van der Waals surface area contributed by atoms with E-state index in [-0.39, 0.29) is 35.1 Å². The lowest BCUT2D eigenvalue weighted by Gasteiger charge is -2.25. The van der Waals surface area contributed by atoms with Gasteiger partial charge in [-0.2, -0.15) is 4.99 Å². The highest BCUT2D eigenvalue weighted by molar-refractivity contribution is 8.16. The molecule has 2 fully saturated rings. The quantitative estimate of drug-likeness (QED) is 0.717. The highest BCUT2D eigenvalue weighted by Crippen LogP contribution is 2.41. The Morgan fingerprint density at radius 1 is 1.17 bits per heavy atom. The van der Waals surface area contributed by atoms with Gasteiger partial charge in [-0.15, -0.1) is 0 Å². The van der Waals surface area contributed by atoms with Crippen LogP contribution in [0.15, 0.2) is 53.5 Å². The van der Waals surface area contributed by atoms with E-state index in [0.29, 0.717) is 11.1 Å². The van der Waals surface area contributed by atoms with Gasteiger partial charge in [-0.05, 0) is 36.1 Å². The first-order valence-corrected chi connectivity index (χ1v) is 12.9. The molecule has 0 aliphatic carbocycles. The van der Waals surface area contributed by atoms with E-state index in [9.17, 15) is 13.2 Å². The van der Waals surface area contributed by atoms with Gasteiger partial charge in [0.1, 0.15) is 0 Å². The number of benzene rings is 2. The minimum Gasteiger partial charge on any atom is -0.316 e. The molecule has 1 amide bonds. The van der Waals surface area contributed by atoms with Gasteiger partial charge >= 0.3 is 0 Å². The molecule has 0 unspecified atom stereocenters. The van der Waals surface area contributed by atoms with Crippen molar-refractivity contribution in [3.8, 4) is 0 Å². The molecule has 2 saturated heterocycles. The number of aliphatic imine (C=N–C) groups is 1. The number of fused-ring (bicyclic) bond motifs is 1. The van der Waals surface area contributed by atoms with Crippen LogP contribution in [0.5, 0.6) is 0 Å².